The molecule has 0 bridgehead atoms. The second-order valence-corrected chi connectivity index (χ2v) is 5.14. The molecular formula is C13H17ClN2O. The van der Waals surface area contributed by atoms with Gasteiger partial charge < -0.3 is 4.90 Å². The maximum Gasteiger partial charge on any atom is 0.254 e. The molecule has 1 fully saturated rings. The Balaban J connectivity index is 2.28. The summed E-state index contributed by atoms with van der Waals surface area (Å²) in [4.78, 5) is 18.3. The molecule has 17 heavy (non-hydrogen) atoms. The molecular weight excluding hydrogens is 236 g/mol. The molecule has 0 unspecified atom stereocenters. The van der Waals surface area contributed by atoms with Crippen molar-refractivity contribution in [1.29, 1.82) is 0 Å². The van der Waals surface area contributed by atoms with Crippen molar-refractivity contribution in [3.8, 4) is 0 Å². The van der Waals surface area contributed by atoms with Gasteiger partial charge in [0.25, 0.3) is 5.91 Å². The van der Waals surface area contributed by atoms with Gasteiger partial charge in [0.2, 0.25) is 0 Å². The average Bonchev–Trinajstić information content (AvgIpc) is 2.80. The normalized spacial score (nSPS) is 15.6. The molecule has 1 aliphatic rings. The third kappa shape index (κ3) is 2.78. The van der Waals surface area contributed by atoms with E-state index in [9.17, 15) is 4.79 Å². The molecule has 0 radical (unpaired) electrons. The van der Waals surface area contributed by atoms with Gasteiger partial charge in [0, 0.05) is 24.3 Å². The summed E-state index contributed by atoms with van der Waals surface area (Å²) in [6.45, 7) is 5.80. The van der Waals surface area contributed by atoms with Gasteiger partial charge in [-0.1, -0.05) is 25.4 Å². The van der Waals surface area contributed by atoms with Gasteiger partial charge in [-0.2, -0.15) is 0 Å². The summed E-state index contributed by atoms with van der Waals surface area (Å²) in [6.07, 6.45) is 2.20. The summed E-state index contributed by atoms with van der Waals surface area (Å²) >= 11 is 5.96. The lowest BCUT2D eigenvalue weighted by molar-refractivity contribution is 0.0792. The van der Waals surface area contributed by atoms with E-state index in [0.717, 1.165) is 31.6 Å². The number of nitrogens with zero attached hydrogens (tertiary/aromatic N) is 2. The Morgan fingerprint density at radius 3 is 2.59 bits per heavy atom. The largest absolute Gasteiger partial charge is 0.339 e. The predicted molar refractivity (Wildman–Crippen MR) is 68.5 cm³/mol. The summed E-state index contributed by atoms with van der Waals surface area (Å²) in [6, 6.07) is 3.52. The van der Waals surface area contributed by atoms with Crippen LogP contribution in [-0.4, -0.2) is 28.9 Å². The van der Waals surface area contributed by atoms with Crippen LogP contribution in [-0.2, 0) is 0 Å². The van der Waals surface area contributed by atoms with E-state index in [4.69, 9.17) is 11.6 Å². The number of hydrogen-bond donors (Lipinski definition) is 0. The fraction of sp³-hybridized carbons (Fsp3) is 0.538. The molecule has 0 spiro atoms. The van der Waals surface area contributed by atoms with Crippen LogP contribution in [0, 0.1) is 0 Å². The first-order valence-corrected chi connectivity index (χ1v) is 6.42. The van der Waals surface area contributed by atoms with E-state index in [1.165, 1.54) is 0 Å². The Morgan fingerprint density at radius 2 is 2.00 bits per heavy atom. The first-order chi connectivity index (χ1) is 8.08. The van der Waals surface area contributed by atoms with E-state index in [1.807, 2.05) is 24.8 Å². The van der Waals surface area contributed by atoms with Crippen molar-refractivity contribution in [2.24, 2.45) is 0 Å². The van der Waals surface area contributed by atoms with Crippen molar-refractivity contribution in [3.63, 3.8) is 0 Å². The topological polar surface area (TPSA) is 33.2 Å². The molecule has 1 amide bonds. The zero-order valence-corrected chi connectivity index (χ0v) is 11.0. The Hall–Kier alpha value is -1.09. The number of hydrogen-bond acceptors (Lipinski definition) is 2. The molecule has 0 saturated carbocycles. The van der Waals surface area contributed by atoms with Crippen LogP contribution in [0.15, 0.2) is 12.1 Å². The fourth-order valence-corrected chi connectivity index (χ4v) is 2.25. The van der Waals surface area contributed by atoms with Gasteiger partial charge in [-0.05, 0) is 30.9 Å². The maximum absolute atomic E-state index is 12.2. The minimum Gasteiger partial charge on any atom is -0.339 e. The molecule has 3 nitrogen and oxygen atoms in total. The molecule has 0 N–H and O–H groups in total. The number of aromatic nitrogens is 1. The highest BCUT2D eigenvalue weighted by atomic mass is 35.5. The molecule has 4 heteroatoms. The third-order valence-corrected chi connectivity index (χ3v) is 3.24. The number of carbonyl (C=O) groups excluding carboxylic acids is 1. The third-order valence-electron chi connectivity index (χ3n) is 3.05. The molecule has 2 rings (SSSR count). The number of likely N-dealkylation sites (tertiary alicyclic amines) is 1. The van der Waals surface area contributed by atoms with E-state index in [1.54, 1.807) is 6.07 Å². The standard InChI is InChI=1S/C13H17ClN2O/c1-9(2)11-7-10(8-12(14)15-11)13(17)16-5-3-4-6-16/h7-9H,3-6H2,1-2H3. The second-order valence-electron chi connectivity index (χ2n) is 4.76. The monoisotopic (exact) mass is 252 g/mol. The highest BCUT2D eigenvalue weighted by molar-refractivity contribution is 6.29. The molecule has 92 valence electrons. The Kier molecular flexibility index (Phi) is 3.67. The van der Waals surface area contributed by atoms with Crippen LogP contribution in [0.4, 0.5) is 0 Å². The van der Waals surface area contributed by atoms with Crippen LogP contribution in [0.5, 0.6) is 0 Å². The number of rotatable bonds is 2. The summed E-state index contributed by atoms with van der Waals surface area (Å²) in [5.74, 6) is 0.354. The van der Waals surface area contributed by atoms with Crippen molar-refractivity contribution >= 4 is 17.5 Å². The zero-order chi connectivity index (χ0) is 12.4. The van der Waals surface area contributed by atoms with Crippen molar-refractivity contribution in [1.82, 2.24) is 9.88 Å². The lowest BCUT2D eigenvalue weighted by Crippen LogP contribution is -2.27. The smallest absolute Gasteiger partial charge is 0.254 e. The van der Waals surface area contributed by atoms with Crippen LogP contribution < -0.4 is 0 Å². The van der Waals surface area contributed by atoms with Crippen molar-refractivity contribution < 1.29 is 4.79 Å². The molecule has 0 atom stereocenters. The number of halogens is 1. The molecule has 0 aromatic carbocycles. The quantitative estimate of drug-likeness (QED) is 0.758. The van der Waals surface area contributed by atoms with Crippen LogP contribution >= 0.6 is 11.6 Å². The molecule has 0 aliphatic carbocycles. The predicted octanol–water partition coefficient (Wildman–Crippen LogP) is 3.09. The molecule has 1 saturated heterocycles. The van der Waals surface area contributed by atoms with E-state index >= 15 is 0 Å². The van der Waals surface area contributed by atoms with Gasteiger partial charge in [-0.3, -0.25) is 4.79 Å². The van der Waals surface area contributed by atoms with E-state index in [2.05, 4.69) is 4.98 Å². The number of pyridine rings is 1. The summed E-state index contributed by atoms with van der Waals surface area (Å²) in [5.41, 5.74) is 1.54. The Labute approximate surface area is 107 Å². The van der Waals surface area contributed by atoms with Gasteiger partial charge >= 0.3 is 0 Å². The van der Waals surface area contributed by atoms with Crippen molar-refractivity contribution in [2.45, 2.75) is 32.6 Å². The maximum atomic E-state index is 12.2. The van der Waals surface area contributed by atoms with Gasteiger partial charge in [0.05, 0.1) is 0 Å². The molecule has 2 heterocycles. The zero-order valence-electron chi connectivity index (χ0n) is 10.2. The number of carbonyl (C=O) groups is 1. The van der Waals surface area contributed by atoms with Crippen LogP contribution in [0.2, 0.25) is 5.15 Å². The number of amides is 1. The van der Waals surface area contributed by atoms with Gasteiger partial charge in [0.15, 0.2) is 0 Å². The van der Waals surface area contributed by atoms with Crippen molar-refractivity contribution in [2.75, 3.05) is 13.1 Å². The molecule has 1 aromatic rings. The van der Waals surface area contributed by atoms with Crippen LogP contribution in [0.1, 0.15) is 48.7 Å². The van der Waals surface area contributed by atoms with E-state index < -0.39 is 0 Å². The van der Waals surface area contributed by atoms with Crippen LogP contribution in [0.3, 0.4) is 0 Å². The highest BCUT2D eigenvalue weighted by Gasteiger charge is 2.20. The van der Waals surface area contributed by atoms with E-state index in [0.29, 0.717) is 10.7 Å². The minimum absolute atomic E-state index is 0.0775. The summed E-state index contributed by atoms with van der Waals surface area (Å²) in [7, 11) is 0. The lowest BCUT2D eigenvalue weighted by atomic mass is 10.1. The highest BCUT2D eigenvalue weighted by Crippen LogP contribution is 2.20. The molecule has 1 aromatic heterocycles. The fourth-order valence-electron chi connectivity index (χ4n) is 2.04. The van der Waals surface area contributed by atoms with Gasteiger partial charge in [0.1, 0.15) is 5.15 Å². The first-order valence-electron chi connectivity index (χ1n) is 6.04. The van der Waals surface area contributed by atoms with Crippen LogP contribution in [0.25, 0.3) is 0 Å². The second kappa shape index (κ2) is 5.05. The Morgan fingerprint density at radius 1 is 1.35 bits per heavy atom. The SMILES string of the molecule is CC(C)c1cc(C(=O)N2CCCC2)cc(Cl)n1. The summed E-state index contributed by atoms with van der Waals surface area (Å²) < 4.78 is 0. The first kappa shape index (κ1) is 12.4. The van der Waals surface area contributed by atoms with Gasteiger partial charge in [-0.25, -0.2) is 4.98 Å². The van der Waals surface area contributed by atoms with Gasteiger partial charge in [-0.15, -0.1) is 0 Å². The average molecular weight is 253 g/mol. The summed E-state index contributed by atoms with van der Waals surface area (Å²) in [5, 5.41) is 0.402. The lowest BCUT2D eigenvalue weighted by Gasteiger charge is -2.16. The molecule has 1 aliphatic heterocycles. The van der Waals surface area contributed by atoms with Crippen molar-refractivity contribution in [3.05, 3.63) is 28.5 Å². The van der Waals surface area contributed by atoms with E-state index in [-0.39, 0.29) is 11.8 Å². The minimum atomic E-state index is 0.0775. The Bertz CT molecular complexity index is 425.